The molecule has 2 aromatic rings. The molecule has 1 fully saturated rings. The van der Waals surface area contributed by atoms with Crippen LogP contribution in [0, 0.1) is 13.8 Å². The van der Waals surface area contributed by atoms with E-state index in [-0.39, 0.29) is 18.6 Å². The minimum Gasteiger partial charge on any atom is -0.426 e. The monoisotopic (exact) mass is 328 g/mol. The highest BCUT2D eigenvalue weighted by molar-refractivity contribution is 5.72. The number of carbonyl (C=O) groups is 1. The fraction of sp³-hybridized carbons (Fsp3) is 0.444. The molecule has 1 aromatic carbocycles. The number of benzene rings is 1. The molecule has 0 amide bonds. The molecule has 3 rings (SSSR count). The molecular weight excluding hydrogens is 304 g/mol. The summed E-state index contributed by atoms with van der Waals surface area (Å²) in [7, 11) is 0. The Morgan fingerprint density at radius 1 is 1.42 bits per heavy atom. The zero-order valence-corrected chi connectivity index (χ0v) is 14.2. The average Bonchev–Trinajstić information content (AvgIpc) is 3.17. The maximum Gasteiger partial charge on any atom is 0.314 e. The van der Waals surface area contributed by atoms with Gasteiger partial charge in [0.2, 0.25) is 0 Å². The molecule has 24 heavy (non-hydrogen) atoms. The Bertz CT molecular complexity index is 678. The largest absolute Gasteiger partial charge is 0.426 e. The molecule has 1 aromatic heterocycles. The van der Waals surface area contributed by atoms with Gasteiger partial charge in [-0.15, -0.1) is 0 Å². The predicted octanol–water partition coefficient (Wildman–Crippen LogP) is 1.95. The lowest BCUT2D eigenvalue weighted by Gasteiger charge is -2.23. The Balaban J connectivity index is 1.71. The first-order valence-electron chi connectivity index (χ1n) is 8.37. The number of nitrogens with one attached hydrogen (secondary N) is 2. The van der Waals surface area contributed by atoms with E-state index in [9.17, 15) is 4.79 Å². The summed E-state index contributed by atoms with van der Waals surface area (Å²) in [5, 5.41) is 11.4. The van der Waals surface area contributed by atoms with Crippen molar-refractivity contribution in [1.82, 2.24) is 20.4 Å². The molecule has 128 valence electrons. The first-order chi connectivity index (χ1) is 11.6. The lowest BCUT2D eigenvalue weighted by Crippen LogP contribution is -2.39. The van der Waals surface area contributed by atoms with E-state index in [0.29, 0.717) is 11.8 Å². The van der Waals surface area contributed by atoms with Crippen molar-refractivity contribution >= 4 is 5.97 Å². The van der Waals surface area contributed by atoms with Gasteiger partial charge in [0, 0.05) is 18.3 Å². The van der Waals surface area contributed by atoms with Crippen LogP contribution in [0.3, 0.4) is 0 Å². The molecule has 0 saturated carbocycles. The first-order valence-corrected chi connectivity index (χ1v) is 8.37. The predicted molar refractivity (Wildman–Crippen MR) is 91.8 cm³/mol. The van der Waals surface area contributed by atoms with E-state index in [0.717, 1.165) is 30.9 Å². The van der Waals surface area contributed by atoms with Gasteiger partial charge in [0.05, 0.1) is 12.1 Å². The molecule has 0 spiro atoms. The van der Waals surface area contributed by atoms with Crippen LogP contribution in [-0.2, 0) is 4.79 Å². The normalized spacial score (nSPS) is 18.5. The Kier molecular flexibility index (Phi) is 5.27. The lowest BCUT2D eigenvalue weighted by atomic mass is 10.2. The number of rotatable bonds is 6. The number of ether oxygens (including phenoxy) is 1. The van der Waals surface area contributed by atoms with E-state index in [2.05, 4.69) is 15.7 Å². The summed E-state index contributed by atoms with van der Waals surface area (Å²) in [6.45, 7) is 5.86. The third-order valence-corrected chi connectivity index (χ3v) is 4.16. The molecule has 1 saturated heterocycles. The third kappa shape index (κ3) is 4.21. The molecule has 6 heteroatoms. The second-order valence-corrected chi connectivity index (χ2v) is 6.24. The van der Waals surface area contributed by atoms with Crippen LogP contribution in [0.4, 0.5) is 0 Å². The molecule has 2 N–H and O–H groups in total. The number of hydrogen-bond donors (Lipinski definition) is 2. The molecule has 1 aliphatic rings. The number of nitrogens with zero attached hydrogens (tertiary/aromatic N) is 2. The number of esters is 1. The van der Waals surface area contributed by atoms with Crippen LogP contribution < -0.4 is 15.4 Å². The number of aromatic nitrogens is 2. The summed E-state index contributed by atoms with van der Waals surface area (Å²) in [5.74, 6) is 0.300. The van der Waals surface area contributed by atoms with Gasteiger partial charge in [-0.25, -0.2) is 0 Å². The maximum atomic E-state index is 12.4. The summed E-state index contributed by atoms with van der Waals surface area (Å²) in [5.41, 5.74) is 1.98. The van der Waals surface area contributed by atoms with Crippen molar-refractivity contribution in [1.29, 1.82) is 0 Å². The van der Waals surface area contributed by atoms with Gasteiger partial charge in [-0.05, 0) is 45.0 Å². The smallest absolute Gasteiger partial charge is 0.314 e. The highest BCUT2D eigenvalue weighted by atomic mass is 16.5. The van der Waals surface area contributed by atoms with Crippen LogP contribution in [0.2, 0.25) is 0 Å². The van der Waals surface area contributed by atoms with E-state index < -0.39 is 0 Å². The molecule has 0 radical (unpaired) electrons. The quantitative estimate of drug-likeness (QED) is 0.627. The standard InChI is InChI=1S/C18H24N4O2/c1-13-10-14(2)22(21-13)17(20-15-8-9-19-12-15)11-18(23)24-16-6-4-3-5-7-16/h3-7,10,15,17,19-20H,8-9,11-12H2,1-2H3/t15?,17-/m0/s1. The van der Waals surface area contributed by atoms with Gasteiger partial charge in [-0.1, -0.05) is 18.2 Å². The van der Waals surface area contributed by atoms with Crippen molar-refractivity contribution in [2.75, 3.05) is 13.1 Å². The van der Waals surface area contributed by atoms with Crippen molar-refractivity contribution < 1.29 is 9.53 Å². The van der Waals surface area contributed by atoms with Gasteiger partial charge in [-0.2, -0.15) is 5.10 Å². The van der Waals surface area contributed by atoms with Gasteiger partial charge in [0.25, 0.3) is 0 Å². The van der Waals surface area contributed by atoms with Gasteiger partial charge < -0.3 is 10.1 Å². The van der Waals surface area contributed by atoms with E-state index in [1.54, 1.807) is 12.1 Å². The second-order valence-electron chi connectivity index (χ2n) is 6.24. The van der Waals surface area contributed by atoms with E-state index in [1.807, 2.05) is 42.8 Å². The summed E-state index contributed by atoms with van der Waals surface area (Å²) in [4.78, 5) is 12.4. The van der Waals surface area contributed by atoms with Crippen LogP contribution in [0.1, 0.15) is 30.4 Å². The molecule has 0 bridgehead atoms. The minimum atomic E-state index is -0.266. The highest BCUT2D eigenvalue weighted by Gasteiger charge is 2.24. The summed E-state index contributed by atoms with van der Waals surface area (Å²) in [6.07, 6.45) is 1.07. The number of hydrogen-bond acceptors (Lipinski definition) is 5. The maximum absolute atomic E-state index is 12.4. The summed E-state index contributed by atoms with van der Waals surface area (Å²) >= 11 is 0. The van der Waals surface area contributed by atoms with Crippen LogP contribution in [0.5, 0.6) is 5.75 Å². The molecule has 2 atom stereocenters. The number of para-hydroxylation sites is 1. The zero-order valence-electron chi connectivity index (χ0n) is 14.2. The van der Waals surface area contributed by atoms with Crippen LogP contribution in [-0.4, -0.2) is 34.9 Å². The van der Waals surface area contributed by atoms with Gasteiger partial charge in [0.1, 0.15) is 11.9 Å². The van der Waals surface area contributed by atoms with Crippen LogP contribution in [0.15, 0.2) is 36.4 Å². The Morgan fingerprint density at radius 3 is 2.83 bits per heavy atom. The topological polar surface area (TPSA) is 68.2 Å². The lowest BCUT2D eigenvalue weighted by molar-refractivity contribution is -0.135. The molecular formula is C18H24N4O2. The van der Waals surface area contributed by atoms with Crippen molar-refractivity contribution in [3.05, 3.63) is 47.8 Å². The SMILES string of the molecule is Cc1cc(C)n([C@@H](CC(=O)Oc2ccccc2)NC2CCNC2)n1. The van der Waals surface area contributed by atoms with Crippen LogP contribution >= 0.6 is 0 Å². The Hall–Kier alpha value is -2.18. The average molecular weight is 328 g/mol. The highest BCUT2D eigenvalue weighted by Crippen LogP contribution is 2.17. The summed E-state index contributed by atoms with van der Waals surface area (Å²) in [6, 6.07) is 11.5. The molecule has 0 aliphatic carbocycles. The fourth-order valence-corrected chi connectivity index (χ4v) is 3.07. The second kappa shape index (κ2) is 7.59. The molecule has 6 nitrogen and oxygen atoms in total. The van der Waals surface area contributed by atoms with Gasteiger partial charge in [-0.3, -0.25) is 14.8 Å². The number of aryl methyl sites for hydroxylation is 2. The van der Waals surface area contributed by atoms with E-state index in [4.69, 9.17) is 4.74 Å². The Morgan fingerprint density at radius 2 is 2.21 bits per heavy atom. The fourth-order valence-electron chi connectivity index (χ4n) is 3.07. The van der Waals surface area contributed by atoms with Crippen molar-refractivity contribution in [2.24, 2.45) is 0 Å². The van der Waals surface area contributed by atoms with Crippen molar-refractivity contribution in [3.8, 4) is 5.75 Å². The van der Waals surface area contributed by atoms with Gasteiger partial charge >= 0.3 is 5.97 Å². The van der Waals surface area contributed by atoms with Crippen molar-refractivity contribution in [2.45, 2.75) is 38.9 Å². The minimum absolute atomic E-state index is 0.209. The van der Waals surface area contributed by atoms with E-state index >= 15 is 0 Å². The van der Waals surface area contributed by atoms with Crippen molar-refractivity contribution in [3.63, 3.8) is 0 Å². The molecule has 1 unspecified atom stereocenters. The molecule has 2 heterocycles. The zero-order chi connectivity index (χ0) is 16.9. The summed E-state index contributed by atoms with van der Waals surface area (Å²) < 4.78 is 7.33. The molecule has 1 aliphatic heterocycles. The Labute approximate surface area is 142 Å². The van der Waals surface area contributed by atoms with Crippen LogP contribution in [0.25, 0.3) is 0 Å². The number of carbonyl (C=O) groups excluding carboxylic acids is 1. The first kappa shape index (κ1) is 16.7. The third-order valence-electron chi connectivity index (χ3n) is 4.16. The van der Waals surface area contributed by atoms with Gasteiger partial charge in [0.15, 0.2) is 0 Å². The van der Waals surface area contributed by atoms with E-state index in [1.165, 1.54) is 0 Å².